The summed E-state index contributed by atoms with van der Waals surface area (Å²) in [4.78, 5) is 36.1. The van der Waals surface area contributed by atoms with E-state index in [-0.39, 0.29) is 27.8 Å². The molecule has 1 heterocycles. The van der Waals surface area contributed by atoms with Crippen LogP contribution >= 0.6 is 11.6 Å². The van der Waals surface area contributed by atoms with Crippen molar-refractivity contribution >= 4 is 39.4 Å². The third-order valence-corrected chi connectivity index (χ3v) is 7.57. The van der Waals surface area contributed by atoms with Crippen molar-refractivity contribution in [2.75, 3.05) is 19.7 Å². The van der Waals surface area contributed by atoms with E-state index in [1.165, 1.54) is 16.4 Å². The maximum Gasteiger partial charge on any atom is 0.338 e. The summed E-state index contributed by atoms with van der Waals surface area (Å²) in [5.41, 5.74) is 0.671. The van der Waals surface area contributed by atoms with Crippen molar-refractivity contribution in [3.63, 3.8) is 0 Å². The van der Waals surface area contributed by atoms with Crippen LogP contribution in [-0.4, -0.2) is 50.2 Å². The molecule has 1 fully saturated rings. The van der Waals surface area contributed by atoms with Gasteiger partial charge in [0.1, 0.15) is 4.90 Å². The minimum absolute atomic E-state index is 0.00553. The monoisotopic (exact) mass is 492 g/mol. The predicted octanol–water partition coefficient (Wildman–Crippen LogP) is 2.80. The van der Waals surface area contributed by atoms with Gasteiger partial charge in [0, 0.05) is 13.1 Å². The number of hydrogen-bond acceptors (Lipinski definition) is 6. The Morgan fingerprint density at radius 1 is 1.12 bits per heavy atom. The van der Waals surface area contributed by atoms with Crippen molar-refractivity contribution in [3.05, 3.63) is 64.7 Å². The van der Waals surface area contributed by atoms with Crippen molar-refractivity contribution < 1.29 is 27.5 Å². The fourth-order valence-electron chi connectivity index (χ4n) is 3.56. The second-order valence-corrected chi connectivity index (χ2v) is 10.3. The molecule has 10 heteroatoms. The van der Waals surface area contributed by atoms with Crippen molar-refractivity contribution in [2.45, 2.75) is 31.1 Å². The van der Waals surface area contributed by atoms with Gasteiger partial charge in [-0.15, -0.1) is 0 Å². The van der Waals surface area contributed by atoms with E-state index in [2.05, 4.69) is 5.32 Å². The van der Waals surface area contributed by atoms with Crippen molar-refractivity contribution in [2.24, 2.45) is 5.92 Å². The number of sulfonamides is 1. The molecule has 2 aromatic rings. The van der Waals surface area contributed by atoms with Gasteiger partial charge in [-0.3, -0.25) is 14.9 Å². The summed E-state index contributed by atoms with van der Waals surface area (Å²) in [6.45, 7) is 2.06. The largest absolute Gasteiger partial charge is 0.452 e. The highest BCUT2D eigenvalue weighted by molar-refractivity contribution is 7.89. The van der Waals surface area contributed by atoms with Crippen LogP contribution in [0, 0.1) is 5.92 Å². The van der Waals surface area contributed by atoms with Gasteiger partial charge in [-0.1, -0.05) is 48.9 Å². The minimum atomic E-state index is -3.89. The number of benzene rings is 2. The predicted molar refractivity (Wildman–Crippen MR) is 122 cm³/mol. The topological polar surface area (TPSA) is 110 Å². The van der Waals surface area contributed by atoms with E-state index in [1.54, 1.807) is 24.3 Å². The quantitative estimate of drug-likeness (QED) is 0.595. The number of hydrogen-bond donors (Lipinski definition) is 1. The summed E-state index contributed by atoms with van der Waals surface area (Å²) < 4.78 is 32.4. The van der Waals surface area contributed by atoms with Crippen LogP contribution in [-0.2, 0) is 30.8 Å². The molecule has 176 valence electrons. The van der Waals surface area contributed by atoms with Crippen LogP contribution in [0.1, 0.15) is 35.7 Å². The number of ether oxygens (including phenoxy) is 1. The number of piperidine rings is 1. The Hall–Kier alpha value is -2.75. The highest BCUT2D eigenvalue weighted by Gasteiger charge is 2.31. The SMILES string of the molecule is CC1CCCN(S(=O)(=O)c2cc(C(=O)OCC(=O)NC(=O)Cc3ccccc3)ccc2Cl)C1. The van der Waals surface area contributed by atoms with E-state index in [0.29, 0.717) is 13.1 Å². The molecule has 1 unspecified atom stereocenters. The number of rotatable bonds is 7. The number of nitrogens with zero attached hydrogens (tertiary/aromatic N) is 1. The zero-order chi connectivity index (χ0) is 24.0. The summed E-state index contributed by atoms with van der Waals surface area (Å²) in [6.07, 6.45) is 1.70. The van der Waals surface area contributed by atoms with E-state index in [9.17, 15) is 22.8 Å². The molecule has 0 radical (unpaired) electrons. The maximum atomic E-state index is 13.1. The Bertz CT molecular complexity index is 1140. The molecule has 33 heavy (non-hydrogen) atoms. The highest BCUT2D eigenvalue weighted by atomic mass is 35.5. The molecule has 2 amide bonds. The van der Waals surface area contributed by atoms with E-state index >= 15 is 0 Å². The van der Waals surface area contributed by atoms with Gasteiger partial charge in [-0.25, -0.2) is 13.2 Å². The van der Waals surface area contributed by atoms with Gasteiger partial charge in [0.15, 0.2) is 6.61 Å². The second-order valence-electron chi connectivity index (χ2n) is 7.97. The summed E-state index contributed by atoms with van der Waals surface area (Å²) in [6, 6.07) is 12.6. The van der Waals surface area contributed by atoms with E-state index in [1.807, 2.05) is 13.0 Å². The maximum absolute atomic E-state index is 13.1. The third-order valence-electron chi connectivity index (χ3n) is 5.23. The van der Waals surface area contributed by atoms with Crippen LogP contribution in [0.25, 0.3) is 0 Å². The van der Waals surface area contributed by atoms with Crippen LogP contribution in [0.5, 0.6) is 0 Å². The Morgan fingerprint density at radius 3 is 2.55 bits per heavy atom. The lowest BCUT2D eigenvalue weighted by Gasteiger charge is -2.30. The number of carbonyl (C=O) groups is 3. The molecule has 0 aromatic heterocycles. The highest BCUT2D eigenvalue weighted by Crippen LogP contribution is 2.29. The van der Waals surface area contributed by atoms with Gasteiger partial charge >= 0.3 is 5.97 Å². The first-order valence-electron chi connectivity index (χ1n) is 10.5. The van der Waals surface area contributed by atoms with Gasteiger partial charge in [0.05, 0.1) is 17.0 Å². The van der Waals surface area contributed by atoms with Crippen LogP contribution in [0.2, 0.25) is 5.02 Å². The van der Waals surface area contributed by atoms with Gasteiger partial charge in [-0.05, 0) is 42.5 Å². The van der Waals surface area contributed by atoms with Gasteiger partial charge in [0.2, 0.25) is 15.9 Å². The molecule has 8 nitrogen and oxygen atoms in total. The van der Waals surface area contributed by atoms with Crippen LogP contribution in [0.3, 0.4) is 0 Å². The van der Waals surface area contributed by atoms with Crippen LogP contribution in [0.4, 0.5) is 0 Å². The van der Waals surface area contributed by atoms with Crippen LogP contribution < -0.4 is 5.32 Å². The third kappa shape index (κ3) is 6.63. The smallest absolute Gasteiger partial charge is 0.338 e. The summed E-state index contributed by atoms with van der Waals surface area (Å²) in [5.74, 6) is -1.99. The standard InChI is InChI=1S/C23H25ClN2O6S/c1-16-6-5-11-26(14-16)33(30,31)20-13-18(9-10-19(20)24)23(29)32-15-22(28)25-21(27)12-17-7-3-2-4-8-17/h2-4,7-10,13,16H,5-6,11-12,14-15H2,1H3,(H,25,27,28). The Balaban J connectivity index is 1.61. The molecule has 0 bridgehead atoms. The minimum Gasteiger partial charge on any atom is -0.452 e. The molecule has 3 rings (SSSR count). The van der Waals surface area contributed by atoms with Gasteiger partial charge in [-0.2, -0.15) is 4.31 Å². The molecule has 1 saturated heterocycles. The lowest BCUT2D eigenvalue weighted by molar-refractivity contribution is -0.132. The molecule has 2 aromatic carbocycles. The first kappa shape index (κ1) is 24.9. The fraction of sp³-hybridized carbons (Fsp3) is 0.348. The molecule has 1 aliphatic rings. The number of imide groups is 1. The molecule has 1 N–H and O–H groups in total. The molecular weight excluding hydrogens is 468 g/mol. The Kier molecular flexibility index (Phi) is 8.23. The molecular formula is C23H25ClN2O6S. The zero-order valence-corrected chi connectivity index (χ0v) is 19.7. The van der Waals surface area contributed by atoms with E-state index in [4.69, 9.17) is 16.3 Å². The number of amides is 2. The summed E-state index contributed by atoms with van der Waals surface area (Å²) >= 11 is 6.13. The van der Waals surface area contributed by atoms with Crippen molar-refractivity contribution in [1.29, 1.82) is 0 Å². The lowest BCUT2D eigenvalue weighted by Crippen LogP contribution is -2.39. The number of nitrogens with one attached hydrogen (secondary N) is 1. The van der Waals surface area contributed by atoms with Crippen LogP contribution in [0.15, 0.2) is 53.4 Å². The average Bonchev–Trinajstić information content (AvgIpc) is 2.78. The molecule has 0 aliphatic carbocycles. The fourth-order valence-corrected chi connectivity index (χ4v) is 5.66. The van der Waals surface area contributed by atoms with E-state index in [0.717, 1.165) is 24.5 Å². The zero-order valence-electron chi connectivity index (χ0n) is 18.1. The molecule has 1 atom stereocenters. The molecule has 1 aliphatic heterocycles. The number of esters is 1. The van der Waals surface area contributed by atoms with Gasteiger partial charge in [0.25, 0.3) is 5.91 Å². The molecule has 0 saturated carbocycles. The summed E-state index contributed by atoms with van der Waals surface area (Å²) in [7, 11) is -3.89. The second kappa shape index (κ2) is 10.9. The van der Waals surface area contributed by atoms with Crippen molar-refractivity contribution in [3.8, 4) is 0 Å². The normalized spacial score (nSPS) is 16.7. The average molecular weight is 493 g/mol. The summed E-state index contributed by atoms with van der Waals surface area (Å²) in [5, 5.41) is 2.14. The van der Waals surface area contributed by atoms with Gasteiger partial charge < -0.3 is 4.74 Å². The Labute approximate surface area is 197 Å². The first-order chi connectivity index (χ1) is 15.7. The lowest BCUT2D eigenvalue weighted by atomic mass is 10.0. The Morgan fingerprint density at radius 2 is 1.85 bits per heavy atom. The molecule has 0 spiro atoms. The number of carbonyl (C=O) groups excluding carboxylic acids is 3. The van der Waals surface area contributed by atoms with E-state index < -0.39 is 34.4 Å². The first-order valence-corrected chi connectivity index (χ1v) is 12.3. The number of halogens is 1. The van der Waals surface area contributed by atoms with Crippen molar-refractivity contribution in [1.82, 2.24) is 9.62 Å².